The number of carbonyl (C=O) groups excluding carboxylic acids is 1. The van der Waals surface area contributed by atoms with Gasteiger partial charge in [-0.05, 0) is 19.3 Å². The zero-order valence-electron chi connectivity index (χ0n) is 12.1. The predicted molar refractivity (Wildman–Crippen MR) is 71.8 cm³/mol. The molecule has 1 rings (SSSR count). The van der Waals surface area contributed by atoms with Gasteiger partial charge in [-0.1, -0.05) is 13.8 Å². The van der Waals surface area contributed by atoms with Gasteiger partial charge in [-0.2, -0.15) is 0 Å². The molecule has 0 fully saturated rings. The lowest BCUT2D eigenvalue weighted by Crippen LogP contribution is -2.38. The second kappa shape index (κ2) is 7.28. The van der Waals surface area contributed by atoms with Crippen molar-refractivity contribution < 1.29 is 22.4 Å². The Labute approximate surface area is 120 Å². The van der Waals surface area contributed by atoms with Crippen LogP contribution in [0.4, 0.5) is 23.2 Å². The van der Waals surface area contributed by atoms with Gasteiger partial charge in [0, 0.05) is 12.6 Å². The molecule has 0 aliphatic heterocycles. The Bertz CT molecular complexity index is 494. The van der Waals surface area contributed by atoms with Crippen molar-refractivity contribution >= 4 is 11.6 Å². The lowest BCUT2D eigenvalue weighted by Gasteiger charge is -2.17. The first-order valence-electron chi connectivity index (χ1n) is 6.61. The minimum absolute atomic E-state index is 0.114. The van der Waals surface area contributed by atoms with Crippen LogP contribution in [0.2, 0.25) is 0 Å². The van der Waals surface area contributed by atoms with Crippen molar-refractivity contribution in [3.63, 3.8) is 0 Å². The summed E-state index contributed by atoms with van der Waals surface area (Å²) in [7, 11) is 0. The largest absolute Gasteiger partial charge is 0.369 e. The van der Waals surface area contributed by atoms with Crippen LogP contribution in [0.5, 0.6) is 0 Å². The summed E-state index contributed by atoms with van der Waals surface area (Å²) in [4.78, 5) is 11.7. The molecule has 0 heterocycles. The molecule has 0 aromatic heterocycles. The Morgan fingerprint density at radius 2 is 1.62 bits per heavy atom. The molecule has 0 radical (unpaired) electrons. The monoisotopic (exact) mass is 306 g/mol. The number of amides is 1. The van der Waals surface area contributed by atoms with Crippen molar-refractivity contribution in [1.29, 1.82) is 0 Å². The van der Waals surface area contributed by atoms with Gasteiger partial charge in [-0.25, -0.2) is 17.6 Å². The maximum Gasteiger partial charge on any atom is 0.242 e. The summed E-state index contributed by atoms with van der Waals surface area (Å²) in [6.07, 6.45) is 0.746. The Morgan fingerprint density at radius 1 is 1.10 bits per heavy atom. The number of hydrogen-bond donors (Lipinski definition) is 2. The van der Waals surface area contributed by atoms with E-state index in [9.17, 15) is 22.4 Å². The number of anilines is 1. The van der Waals surface area contributed by atoms with E-state index in [1.165, 1.54) is 6.92 Å². The van der Waals surface area contributed by atoms with Crippen LogP contribution in [0.3, 0.4) is 0 Å². The van der Waals surface area contributed by atoms with Gasteiger partial charge in [0.05, 0.1) is 0 Å². The summed E-state index contributed by atoms with van der Waals surface area (Å²) in [5.41, 5.74) is -0.987. The summed E-state index contributed by atoms with van der Waals surface area (Å²) < 4.78 is 53.0. The fourth-order valence-corrected chi connectivity index (χ4v) is 1.62. The van der Waals surface area contributed by atoms with Crippen LogP contribution in [0.15, 0.2) is 6.07 Å². The highest BCUT2D eigenvalue weighted by Gasteiger charge is 2.22. The van der Waals surface area contributed by atoms with Crippen molar-refractivity contribution in [1.82, 2.24) is 5.32 Å². The average molecular weight is 306 g/mol. The summed E-state index contributed by atoms with van der Waals surface area (Å²) in [6.45, 7) is 5.71. The number of nitrogens with one attached hydrogen (secondary N) is 2. The molecule has 118 valence electrons. The topological polar surface area (TPSA) is 41.1 Å². The highest BCUT2D eigenvalue weighted by atomic mass is 19.2. The highest BCUT2D eigenvalue weighted by molar-refractivity contribution is 5.84. The molecule has 0 aliphatic rings. The summed E-state index contributed by atoms with van der Waals surface area (Å²) >= 11 is 0. The third-order valence-corrected chi connectivity index (χ3v) is 2.89. The van der Waals surface area contributed by atoms with E-state index < -0.39 is 40.9 Å². The summed E-state index contributed by atoms with van der Waals surface area (Å²) in [5.74, 6) is -6.29. The standard InChI is InChI=1S/C14H18F4N2O/c1-7(2)4-5-19-14(21)8(3)20-13-11(17)9(15)6-10(16)12(13)18/h6-8,20H,4-5H2,1-3H3,(H,19,21). The summed E-state index contributed by atoms with van der Waals surface area (Å²) in [6, 6.07) is -0.925. The molecule has 0 aliphatic carbocycles. The summed E-state index contributed by atoms with van der Waals surface area (Å²) in [5, 5.41) is 4.72. The van der Waals surface area contributed by atoms with E-state index in [4.69, 9.17) is 0 Å². The first kappa shape index (κ1) is 17.3. The first-order chi connectivity index (χ1) is 9.73. The first-order valence-corrected chi connectivity index (χ1v) is 6.61. The third kappa shape index (κ3) is 4.61. The zero-order chi connectivity index (χ0) is 16.2. The molecule has 0 bridgehead atoms. The Balaban J connectivity index is 2.75. The molecular weight excluding hydrogens is 288 g/mol. The Kier molecular flexibility index (Phi) is 5.99. The lowest BCUT2D eigenvalue weighted by atomic mass is 10.1. The number of benzene rings is 1. The second-order valence-electron chi connectivity index (χ2n) is 5.18. The van der Waals surface area contributed by atoms with Crippen molar-refractivity contribution in [3.05, 3.63) is 29.3 Å². The molecular formula is C14H18F4N2O. The second-order valence-corrected chi connectivity index (χ2v) is 5.18. The van der Waals surface area contributed by atoms with E-state index in [0.717, 1.165) is 6.42 Å². The van der Waals surface area contributed by atoms with Gasteiger partial charge in [0.1, 0.15) is 11.7 Å². The van der Waals surface area contributed by atoms with Crippen LogP contribution in [0.25, 0.3) is 0 Å². The maximum absolute atomic E-state index is 13.4. The van der Waals surface area contributed by atoms with Crippen LogP contribution < -0.4 is 10.6 Å². The highest BCUT2D eigenvalue weighted by Crippen LogP contribution is 2.24. The number of halogens is 4. The molecule has 1 amide bonds. The smallest absolute Gasteiger partial charge is 0.242 e. The molecule has 1 atom stereocenters. The van der Waals surface area contributed by atoms with Crippen molar-refractivity contribution in [2.24, 2.45) is 5.92 Å². The van der Waals surface area contributed by atoms with E-state index in [0.29, 0.717) is 12.5 Å². The van der Waals surface area contributed by atoms with Crippen LogP contribution in [-0.2, 0) is 4.79 Å². The molecule has 7 heteroatoms. The van der Waals surface area contributed by atoms with Crippen LogP contribution in [0, 0.1) is 29.2 Å². The minimum Gasteiger partial charge on any atom is -0.369 e. The van der Waals surface area contributed by atoms with Crippen molar-refractivity contribution in [3.8, 4) is 0 Å². The molecule has 1 unspecified atom stereocenters. The van der Waals surface area contributed by atoms with Crippen LogP contribution in [0.1, 0.15) is 27.2 Å². The van der Waals surface area contributed by atoms with Gasteiger partial charge in [0.15, 0.2) is 23.3 Å². The van der Waals surface area contributed by atoms with E-state index in [-0.39, 0.29) is 6.07 Å². The minimum atomic E-state index is -1.56. The van der Waals surface area contributed by atoms with Crippen LogP contribution >= 0.6 is 0 Å². The Hall–Kier alpha value is -1.79. The van der Waals surface area contributed by atoms with E-state index in [1.54, 1.807) is 0 Å². The predicted octanol–water partition coefficient (Wildman–Crippen LogP) is 3.21. The molecule has 1 aromatic rings. The molecule has 0 spiro atoms. The quantitative estimate of drug-likeness (QED) is 0.626. The number of carbonyl (C=O) groups is 1. The molecule has 0 saturated heterocycles. The van der Waals surface area contributed by atoms with Gasteiger partial charge < -0.3 is 10.6 Å². The molecule has 1 aromatic carbocycles. The molecule has 21 heavy (non-hydrogen) atoms. The third-order valence-electron chi connectivity index (χ3n) is 2.89. The van der Waals surface area contributed by atoms with E-state index >= 15 is 0 Å². The van der Waals surface area contributed by atoms with Gasteiger partial charge in [0.2, 0.25) is 5.91 Å². The molecule has 2 N–H and O–H groups in total. The van der Waals surface area contributed by atoms with Crippen LogP contribution in [-0.4, -0.2) is 18.5 Å². The van der Waals surface area contributed by atoms with Gasteiger partial charge >= 0.3 is 0 Å². The van der Waals surface area contributed by atoms with E-state index in [2.05, 4.69) is 10.6 Å². The van der Waals surface area contributed by atoms with Crippen molar-refractivity contribution in [2.75, 3.05) is 11.9 Å². The van der Waals surface area contributed by atoms with Gasteiger partial charge in [-0.3, -0.25) is 4.79 Å². The Morgan fingerprint density at radius 3 is 2.10 bits per heavy atom. The normalized spacial score (nSPS) is 12.4. The fourth-order valence-electron chi connectivity index (χ4n) is 1.62. The SMILES string of the molecule is CC(C)CCNC(=O)C(C)Nc1c(F)c(F)cc(F)c1F. The van der Waals surface area contributed by atoms with Gasteiger partial charge in [0.25, 0.3) is 0 Å². The fraction of sp³-hybridized carbons (Fsp3) is 0.500. The lowest BCUT2D eigenvalue weighted by molar-refractivity contribution is -0.121. The van der Waals surface area contributed by atoms with Crippen molar-refractivity contribution in [2.45, 2.75) is 33.2 Å². The molecule has 3 nitrogen and oxygen atoms in total. The average Bonchev–Trinajstić information content (AvgIpc) is 2.40. The maximum atomic E-state index is 13.4. The number of hydrogen-bond acceptors (Lipinski definition) is 2. The number of rotatable bonds is 6. The van der Waals surface area contributed by atoms with Gasteiger partial charge in [-0.15, -0.1) is 0 Å². The van der Waals surface area contributed by atoms with E-state index in [1.807, 2.05) is 13.8 Å². The molecule has 0 saturated carbocycles. The zero-order valence-corrected chi connectivity index (χ0v) is 12.1.